The molecule has 0 aromatic heterocycles. The molecule has 5 nitrogen and oxygen atoms in total. The molecule has 0 saturated carbocycles. The second-order valence-corrected chi connectivity index (χ2v) is 6.98. The van der Waals surface area contributed by atoms with Gasteiger partial charge in [-0.05, 0) is 12.1 Å². The zero-order chi connectivity index (χ0) is 22.2. The van der Waals surface area contributed by atoms with Crippen molar-refractivity contribution in [2.75, 3.05) is 26.4 Å². The molecule has 0 heterocycles. The lowest BCUT2D eigenvalue weighted by atomic mass is 10.0. The van der Waals surface area contributed by atoms with Crippen molar-refractivity contribution in [3.63, 3.8) is 0 Å². The van der Waals surface area contributed by atoms with E-state index >= 15 is 0 Å². The minimum Gasteiger partial charge on any atom is -0.490 e. The lowest BCUT2D eigenvalue weighted by Crippen LogP contribution is -2.11. The molecule has 0 unspecified atom stereocenters. The number of carbonyl (C=O) groups is 1. The first-order valence-corrected chi connectivity index (χ1v) is 10.4. The van der Waals surface area contributed by atoms with Gasteiger partial charge >= 0.3 is 5.97 Å². The first-order chi connectivity index (χ1) is 15.8. The third-order valence-corrected chi connectivity index (χ3v) is 4.92. The molecule has 162 valence electrons. The summed E-state index contributed by atoms with van der Waals surface area (Å²) in [6.07, 6.45) is 1.14. The minimum atomic E-state index is -0.468. The summed E-state index contributed by atoms with van der Waals surface area (Å²) in [5.74, 6) is 1.87. The van der Waals surface area contributed by atoms with E-state index < -0.39 is 5.97 Å². The van der Waals surface area contributed by atoms with Crippen LogP contribution in [0.25, 0.3) is 21.5 Å². The summed E-state index contributed by atoms with van der Waals surface area (Å²) < 4.78 is 23.1. The molecule has 0 spiro atoms. The van der Waals surface area contributed by atoms with Crippen LogP contribution >= 0.6 is 0 Å². The van der Waals surface area contributed by atoms with Crippen LogP contribution < -0.4 is 14.2 Å². The van der Waals surface area contributed by atoms with Gasteiger partial charge in [-0.25, -0.2) is 4.79 Å². The van der Waals surface area contributed by atoms with Gasteiger partial charge in [-0.2, -0.15) is 0 Å². The van der Waals surface area contributed by atoms with Crippen LogP contribution in [0.2, 0.25) is 0 Å². The van der Waals surface area contributed by atoms with Gasteiger partial charge in [0.25, 0.3) is 0 Å². The Kier molecular flexibility index (Phi) is 6.88. The highest BCUT2D eigenvalue weighted by atomic mass is 16.6. The van der Waals surface area contributed by atoms with Gasteiger partial charge in [-0.3, -0.25) is 0 Å². The van der Waals surface area contributed by atoms with Crippen LogP contribution in [0.4, 0.5) is 0 Å². The number of benzene rings is 4. The largest absolute Gasteiger partial charge is 0.490 e. The van der Waals surface area contributed by atoms with Crippen LogP contribution in [0.15, 0.2) is 91.5 Å². The molecule has 4 aromatic rings. The highest BCUT2D eigenvalue weighted by Gasteiger charge is 2.16. The van der Waals surface area contributed by atoms with E-state index in [1.807, 2.05) is 78.9 Å². The summed E-state index contributed by atoms with van der Waals surface area (Å²) in [6, 6.07) is 25.6. The molecule has 32 heavy (non-hydrogen) atoms. The summed E-state index contributed by atoms with van der Waals surface area (Å²) in [5, 5.41) is 3.76. The predicted molar refractivity (Wildman–Crippen MR) is 126 cm³/mol. The number of hydrogen-bond acceptors (Lipinski definition) is 5. The van der Waals surface area contributed by atoms with E-state index in [1.165, 1.54) is 0 Å². The number of ether oxygens (including phenoxy) is 4. The van der Waals surface area contributed by atoms with Crippen LogP contribution in [0, 0.1) is 0 Å². The molecule has 0 aliphatic carbocycles. The highest BCUT2D eigenvalue weighted by Crippen LogP contribution is 2.42. The zero-order valence-electron chi connectivity index (χ0n) is 17.7. The van der Waals surface area contributed by atoms with Crippen LogP contribution in [0.3, 0.4) is 0 Å². The number of hydrogen-bond donors (Lipinski definition) is 0. The van der Waals surface area contributed by atoms with E-state index in [0.717, 1.165) is 44.9 Å². The number of fused-ring (bicyclic) bond motifs is 2. The van der Waals surface area contributed by atoms with Crippen molar-refractivity contribution in [1.29, 1.82) is 0 Å². The monoisotopic (exact) mass is 428 g/mol. The number of carbonyl (C=O) groups excluding carboxylic acids is 1. The Morgan fingerprint density at radius 2 is 1.06 bits per heavy atom. The Hall–Kier alpha value is -3.99. The first kappa shape index (κ1) is 21.2. The Labute approximate surface area is 186 Å². The molecular formula is C27H24O5. The predicted octanol–water partition coefficient (Wildman–Crippen LogP) is 5.56. The van der Waals surface area contributed by atoms with E-state index in [9.17, 15) is 4.79 Å². The molecule has 0 radical (unpaired) electrons. The average Bonchev–Trinajstić information content (AvgIpc) is 2.85. The maximum atomic E-state index is 11.3. The fourth-order valence-corrected chi connectivity index (χ4v) is 3.52. The van der Waals surface area contributed by atoms with Gasteiger partial charge in [-0.15, -0.1) is 0 Å². The molecule has 0 atom stereocenters. The van der Waals surface area contributed by atoms with Gasteiger partial charge in [0.15, 0.2) is 0 Å². The van der Waals surface area contributed by atoms with Gasteiger partial charge in [0.2, 0.25) is 0 Å². The van der Waals surface area contributed by atoms with Crippen molar-refractivity contribution in [3.8, 4) is 17.2 Å². The fraction of sp³-hybridized carbons (Fsp3) is 0.148. The Bertz CT molecular complexity index is 1160. The van der Waals surface area contributed by atoms with Gasteiger partial charge in [-0.1, -0.05) is 73.3 Å². The molecule has 0 aliphatic heterocycles. The average molecular weight is 428 g/mol. The van der Waals surface area contributed by atoms with Gasteiger partial charge in [0, 0.05) is 27.6 Å². The van der Waals surface area contributed by atoms with Crippen molar-refractivity contribution in [2.24, 2.45) is 0 Å². The summed E-state index contributed by atoms with van der Waals surface area (Å²) in [7, 11) is 0. The molecule has 5 heteroatoms. The first-order valence-electron chi connectivity index (χ1n) is 10.4. The van der Waals surface area contributed by atoms with Crippen molar-refractivity contribution < 1.29 is 23.7 Å². The maximum absolute atomic E-state index is 11.3. The van der Waals surface area contributed by atoms with Crippen molar-refractivity contribution in [1.82, 2.24) is 0 Å². The van der Waals surface area contributed by atoms with Crippen LogP contribution in [0.5, 0.6) is 17.2 Å². The standard InChI is InChI=1S/C27H24O5/c1-2-25(28)30-17-19-32-27-23-14-8-6-12-21(23)26(22-13-7-9-15-24(22)27)31-18-16-29-20-10-4-3-5-11-20/h2-15H,1,16-19H2. The molecule has 0 saturated heterocycles. The molecule has 0 bridgehead atoms. The third kappa shape index (κ3) is 4.83. The summed E-state index contributed by atoms with van der Waals surface area (Å²) in [4.78, 5) is 11.3. The molecule has 0 fully saturated rings. The molecule has 0 N–H and O–H groups in total. The van der Waals surface area contributed by atoms with E-state index in [2.05, 4.69) is 6.58 Å². The molecular weight excluding hydrogens is 404 g/mol. The van der Waals surface area contributed by atoms with Gasteiger partial charge in [0.1, 0.15) is 43.7 Å². The van der Waals surface area contributed by atoms with E-state index in [1.54, 1.807) is 0 Å². The van der Waals surface area contributed by atoms with Crippen LogP contribution in [0.1, 0.15) is 0 Å². The fourth-order valence-electron chi connectivity index (χ4n) is 3.52. The number of para-hydroxylation sites is 1. The lowest BCUT2D eigenvalue weighted by molar-refractivity contribution is -0.138. The number of rotatable bonds is 10. The van der Waals surface area contributed by atoms with Gasteiger partial charge in [0.05, 0.1) is 0 Å². The Morgan fingerprint density at radius 3 is 1.56 bits per heavy atom. The molecule has 0 amide bonds. The summed E-state index contributed by atoms with van der Waals surface area (Å²) >= 11 is 0. The molecule has 4 rings (SSSR count). The van der Waals surface area contributed by atoms with E-state index in [-0.39, 0.29) is 13.2 Å². The zero-order valence-corrected chi connectivity index (χ0v) is 17.7. The summed E-state index contributed by atoms with van der Waals surface area (Å²) in [6.45, 7) is 4.61. The topological polar surface area (TPSA) is 54.0 Å². The van der Waals surface area contributed by atoms with Crippen molar-refractivity contribution in [3.05, 3.63) is 91.5 Å². The maximum Gasteiger partial charge on any atom is 0.330 e. The normalized spacial score (nSPS) is 10.6. The quantitative estimate of drug-likeness (QED) is 0.143. The van der Waals surface area contributed by atoms with Crippen molar-refractivity contribution in [2.45, 2.75) is 0 Å². The number of esters is 1. The van der Waals surface area contributed by atoms with Crippen LogP contribution in [-0.4, -0.2) is 32.4 Å². The lowest BCUT2D eigenvalue weighted by Gasteiger charge is -2.18. The smallest absolute Gasteiger partial charge is 0.330 e. The molecule has 0 aliphatic rings. The second-order valence-electron chi connectivity index (χ2n) is 6.98. The van der Waals surface area contributed by atoms with Crippen molar-refractivity contribution >= 4 is 27.5 Å². The highest BCUT2D eigenvalue weighted by molar-refractivity contribution is 6.11. The van der Waals surface area contributed by atoms with E-state index in [0.29, 0.717) is 13.2 Å². The molecule has 4 aromatic carbocycles. The second kappa shape index (κ2) is 10.4. The van der Waals surface area contributed by atoms with Crippen LogP contribution in [-0.2, 0) is 9.53 Å². The van der Waals surface area contributed by atoms with E-state index in [4.69, 9.17) is 18.9 Å². The minimum absolute atomic E-state index is 0.141. The summed E-state index contributed by atoms with van der Waals surface area (Å²) in [5.41, 5.74) is 0. The Morgan fingerprint density at radius 1 is 0.625 bits per heavy atom. The SMILES string of the molecule is C=CC(=O)OCCOc1c2ccccc2c(OCCOc2ccccc2)c2ccccc12. The Balaban J connectivity index is 1.58. The van der Waals surface area contributed by atoms with Gasteiger partial charge < -0.3 is 18.9 Å². The third-order valence-electron chi connectivity index (χ3n) is 4.92.